The molecule has 0 atom stereocenters. The minimum Gasteiger partial charge on any atom is -0.339 e. The summed E-state index contributed by atoms with van der Waals surface area (Å²) in [6.07, 6.45) is 2.69. The average molecular weight is 440 g/mol. The van der Waals surface area contributed by atoms with Gasteiger partial charge in [-0.3, -0.25) is 14.5 Å². The van der Waals surface area contributed by atoms with E-state index in [-0.39, 0.29) is 23.7 Å². The molecule has 0 aliphatic carbocycles. The summed E-state index contributed by atoms with van der Waals surface area (Å²) in [4.78, 5) is 31.8. The van der Waals surface area contributed by atoms with Crippen molar-refractivity contribution in [3.05, 3.63) is 71.5 Å². The Morgan fingerprint density at radius 3 is 2.38 bits per heavy atom. The Bertz CT molecular complexity index is 882. The van der Waals surface area contributed by atoms with Crippen LogP contribution in [0.25, 0.3) is 0 Å². The second kappa shape index (κ2) is 11.8. The summed E-state index contributed by atoms with van der Waals surface area (Å²) in [6, 6.07) is 16.1. The molecule has 0 saturated carbocycles. The van der Waals surface area contributed by atoms with Crippen LogP contribution in [0.4, 0.5) is 4.39 Å². The van der Waals surface area contributed by atoms with Crippen molar-refractivity contribution in [2.24, 2.45) is 0 Å². The minimum atomic E-state index is -0.282. The Hall–Kier alpha value is -2.73. The molecule has 0 N–H and O–H groups in total. The number of hydrogen-bond acceptors (Lipinski definition) is 3. The maximum atomic E-state index is 13.5. The lowest BCUT2D eigenvalue weighted by Crippen LogP contribution is -2.50. The molecule has 32 heavy (non-hydrogen) atoms. The van der Waals surface area contributed by atoms with E-state index in [9.17, 15) is 14.0 Å². The number of amides is 2. The first-order valence-electron chi connectivity index (χ1n) is 11.6. The van der Waals surface area contributed by atoms with Gasteiger partial charge in [-0.1, -0.05) is 37.3 Å². The number of nitrogens with zero attached hydrogens (tertiary/aromatic N) is 3. The predicted molar refractivity (Wildman–Crippen MR) is 125 cm³/mol. The monoisotopic (exact) mass is 439 g/mol. The van der Waals surface area contributed by atoms with E-state index in [0.29, 0.717) is 32.7 Å². The van der Waals surface area contributed by atoms with E-state index in [0.717, 1.165) is 36.9 Å². The lowest BCUT2D eigenvalue weighted by Gasteiger charge is -2.39. The van der Waals surface area contributed by atoms with Crippen LogP contribution in [0.3, 0.4) is 0 Å². The number of likely N-dealkylation sites (N-methyl/N-ethyl adjacent to an activating group) is 1. The number of piperidine rings is 1. The van der Waals surface area contributed by atoms with Gasteiger partial charge in [0.05, 0.1) is 6.54 Å². The van der Waals surface area contributed by atoms with Crippen LogP contribution in [-0.2, 0) is 11.3 Å². The first-order valence-corrected chi connectivity index (χ1v) is 11.6. The van der Waals surface area contributed by atoms with Crippen molar-refractivity contribution in [1.29, 1.82) is 0 Å². The molecule has 172 valence electrons. The van der Waals surface area contributed by atoms with Crippen LogP contribution in [-0.4, -0.2) is 65.3 Å². The summed E-state index contributed by atoms with van der Waals surface area (Å²) in [5.74, 6) is -0.141. The van der Waals surface area contributed by atoms with Gasteiger partial charge in [0.15, 0.2) is 0 Å². The van der Waals surface area contributed by atoms with Gasteiger partial charge in [-0.05, 0) is 62.6 Å². The van der Waals surface area contributed by atoms with Crippen LogP contribution in [0.1, 0.15) is 49.0 Å². The average Bonchev–Trinajstić information content (AvgIpc) is 2.82. The van der Waals surface area contributed by atoms with Crippen LogP contribution < -0.4 is 0 Å². The van der Waals surface area contributed by atoms with Gasteiger partial charge in [0.1, 0.15) is 5.82 Å². The maximum absolute atomic E-state index is 13.5. The van der Waals surface area contributed by atoms with E-state index < -0.39 is 0 Å². The van der Waals surface area contributed by atoms with Gasteiger partial charge in [0, 0.05) is 37.8 Å². The van der Waals surface area contributed by atoms with Gasteiger partial charge in [-0.15, -0.1) is 0 Å². The summed E-state index contributed by atoms with van der Waals surface area (Å²) in [6.45, 7) is 7.68. The molecule has 0 unspecified atom stereocenters. The van der Waals surface area contributed by atoms with E-state index in [1.807, 2.05) is 48.2 Å². The van der Waals surface area contributed by atoms with Gasteiger partial charge < -0.3 is 9.80 Å². The molecule has 6 heteroatoms. The SMILES string of the molecule is CCCN(CC(=O)N(CC)Cc1cccc(F)c1)C1CCN(C(=O)c2ccccc2)CC1. The molecule has 1 aliphatic rings. The third-order valence-corrected chi connectivity index (χ3v) is 6.13. The Morgan fingerprint density at radius 2 is 1.75 bits per heavy atom. The largest absolute Gasteiger partial charge is 0.339 e. The van der Waals surface area contributed by atoms with E-state index in [1.165, 1.54) is 12.1 Å². The number of likely N-dealkylation sites (tertiary alicyclic amines) is 1. The number of carbonyl (C=O) groups is 2. The number of hydrogen-bond donors (Lipinski definition) is 0. The highest BCUT2D eigenvalue weighted by atomic mass is 19.1. The van der Waals surface area contributed by atoms with Crippen molar-refractivity contribution in [2.45, 2.75) is 45.7 Å². The standard InChI is InChI=1S/C26H34FN3O2/c1-3-15-30(20-25(31)28(4-2)19-21-9-8-12-23(27)18-21)24-13-16-29(17-14-24)26(32)22-10-6-5-7-11-22/h5-12,18,24H,3-4,13-17,19-20H2,1-2H3. The van der Waals surface area contributed by atoms with Crippen molar-refractivity contribution in [3.8, 4) is 0 Å². The van der Waals surface area contributed by atoms with Gasteiger partial charge in [-0.25, -0.2) is 4.39 Å². The summed E-state index contributed by atoms with van der Waals surface area (Å²) >= 11 is 0. The highest BCUT2D eigenvalue weighted by molar-refractivity contribution is 5.94. The Labute approximate surface area is 190 Å². The second-order valence-corrected chi connectivity index (χ2v) is 8.40. The van der Waals surface area contributed by atoms with Gasteiger partial charge in [0.25, 0.3) is 5.91 Å². The highest BCUT2D eigenvalue weighted by Crippen LogP contribution is 2.19. The first-order chi connectivity index (χ1) is 15.5. The van der Waals surface area contributed by atoms with Crippen LogP contribution in [0.2, 0.25) is 0 Å². The second-order valence-electron chi connectivity index (χ2n) is 8.40. The summed E-state index contributed by atoms with van der Waals surface area (Å²) in [7, 11) is 0. The zero-order valence-electron chi connectivity index (χ0n) is 19.2. The first kappa shape index (κ1) is 23.9. The predicted octanol–water partition coefficient (Wildman–Crippen LogP) is 4.19. The zero-order valence-corrected chi connectivity index (χ0v) is 19.2. The van der Waals surface area contributed by atoms with Crippen molar-refractivity contribution in [1.82, 2.24) is 14.7 Å². The molecule has 2 amide bonds. The maximum Gasteiger partial charge on any atom is 0.253 e. The smallest absolute Gasteiger partial charge is 0.253 e. The van der Waals surface area contributed by atoms with Crippen LogP contribution in [0.5, 0.6) is 0 Å². The van der Waals surface area contributed by atoms with Crippen molar-refractivity contribution in [3.63, 3.8) is 0 Å². The molecule has 3 rings (SSSR count). The van der Waals surface area contributed by atoms with Crippen molar-refractivity contribution in [2.75, 3.05) is 32.7 Å². The molecule has 1 aliphatic heterocycles. The molecule has 0 bridgehead atoms. The van der Waals surface area contributed by atoms with Gasteiger partial charge in [-0.2, -0.15) is 0 Å². The number of carbonyl (C=O) groups excluding carboxylic acids is 2. The normalized spacial score (nSPS) is 14.6. The zero-order chi connectivity index (χ0) is 22.9. The van der Waals surface area contributed by atoms with E-state index >= 15 is 0 Å². The number of halogens is 1. The third-order valence-electron chi connectivity index (χ3n) is 6.13. The molecule has 2 aromatic rings. The molecule has 1 fully saturated rings. The molecular weight excluding hydrogens is 405 g/mol. The molecule has 0 spiro atoms. The summed E-state index contributed by atoms with van der Waals surface area (Å²) < 4.78 is 13.5. The van der Waals surface area contributed by atoms with Crippen molar-refractivity contribution >= 4 is 11.8 Å². The molecule has 0 aromatic heterocycles. The summed E-state index contributed by atoms with van der Waals surface area (Å²) in [5.41, 5.74) is 1.53. The molecule has 1 saturated heterocycles. The van der Waals surface area contributed by atoms with Crippen LogP contribution >= 0.6 is 0 Å². The summed E-state index contributed by atoms with van der Waals surface area (Å²) in [5, 5.41) is 0. The Kier molecular flexibility index (Phi) is 8.80. The van der Waals surface area contributed by atoms with Gasteiger partial charge in [0.2, 0.25) is 5.91 Å². The molecular formula is C26H34FN3O2. The highest BCUT2D eigenvalue weighted by Gasteiger charge is 2.29. The van der Waals surface area contributed by atoms with Crippen LogP contribution in [0, 0.1) is 5.82 Å². The molecule has 1 heterocycles. The Balaban J connectivity index is 1.57. The van der Waals surface area contributed by atoms with Crippen molar-refractivity contribution < 1.29 is 14.0 Å². The number of benzene rings is 2. The fourth-order valence-electron chi connectivity index (χ4n) is 4.38. The fraction of sp³-hybridized carbons (Fsp3) is 0.462. The number of rotatable bonds is 9. The van der Waals surface area contributed by atoms with Crippen LogP contribution in [0.15, 0.2) is 54.6 Å². The lowest BCUT2D eigenvalue weighted by atomic mass is 10.0. The third kappa shape index (κ3) is 6.39. The van der Waals surface area contributed by atoms with Gasteiger partial charge >= 0.3 is 0 Å². The topological polar surface area (TPSA) is 43.9 Å². The van der Waals surface area contributed by atoms with E-state index in [1.54, 1.807) is 11.0 Å². The fourth-order valence-corrected chi connectivity index (χ4v) is 4.38. The molecule has 2 aromatic carbocycles. The van der Waals surface area contributed by atoms with E-state index in [4.69, 9.17) is 0 Å². The Morgan fingerprint density at radius 1 is 1.03 bits per heavy atom. The molecule has 0 radical (unpaired) electrons. The quantitative estimate of drug-likeness (QED) is 0.588. The minimum absolute atomic E-state index is 0.0630. The lowest BCUT2D eigenvalue weighted by molar-refractivity contribution is -0.133. The van der Waals surface area contributed by atoms with E-state index in [2.05, 4.69) is 11.8 Å². The molecule has 5 nitrogen and oxygen atoms in total.